The molecule has 0 unspecified atom stereocenters. The van der Waals surface area contributed by atoms with Crippen LogP contribution in [0.15, 0.2) is 0 Å². The van der Waals surface area contributed by atoms with Gasteiger partial charge in [0.1, 0.15) is 0 Å². The van der Waals surface area contributed by atoms with Crippen molar-refractivity contribution in [1.82, 2.24) is 20.2 Å². The summed E-state index contributed by atoms with van der Waals surface area (Å²) in [5.74, 6) is 0.325. The minimum Gasteiger partial charge on any atom is -0.381 e. The van der Waals surface area contributed by atoms with E-state index in [0.29, 0.717) is 19.2 Å². The summed E-state index contributed by atoms with van der Waals surface area (Å²) in [5.41, 5.74) is -0.385. The van der Waals surface area contributed by atoms with E-state index in [4.69, 9.17) is 4.74 Å². The van der Waals surface area contributed by atoms with Gasteiger partial charge in [-0.2, -0.15) is 0 Å². The van der Waals surface area contributed by atoms with Crippen molar-refractivity contribution in [3.8, 4) is 0 Å². The Kier molecular flexibility index (Phi) is 2.86. The molecule has 16 heavy (non-hydrogen) atoms. The maximum absolute atomic E-state index is 12.1. The van der Waals surface area contributed by atoms with Gasteiger partial charge in [-0.3, -0.25) is 10.1 Å². The fraction of sp³-hybridized carbons (Fsp3) is 0.778. The Morgan fingerprint density at radius 2 is 2.19 bits per heavy atom. The summed E-state index contributed by atoms with van der Waals surface area (Å²) in [6.07, 6.45) is 1.45. The quantitative estimate of drug-likeness (QED) is 0.764. The van der Waals surface area contributed by atoms with Crippen molar-refractivity contribution in [1.29, 1.82) is 0 Å². The van der Waals surface area contributed by atoms with Crippen LogP contribution >= 0.6 is 0 Å². The van der Waals surface area contributed by atoms with Crippen molar-refractivity contribution in [2.75, 3.05) is 18.5 Å². The van der Waals surface area contributed by atoms with Crippen molar-refractivity contribution >= 4 is 11.9 Å². The number of nitrogens with zero attached hydrogens (tertiary/aromatic N) is 4. The molecule has 1 N–H and O–H groups in total. The molecule has 0 aromatic carbocycles. The number of ether oxygens (including phenoxy) is 1. The van der Waals surface area contributed by atoms with Crippen LogP contribution in [-0.2, 0) is 16.6 Å². The van der Waals surface area contributed by atoms with Crippen LogP contribution in [0.25, 0.3) is 0 Å². The Bertz CT molecular complexity index is 383. The van der Waals surface area contributed by atoms with E-state index in [2.05, 4.69) is 20.8 Å². The Hall–Kier alpha value is -1.50. The predicted octanol–water partition coefficient (Wildman–Crippen LogP) is -0.0347. The monoisotopic (exact) mass is 225 g/mol. The molecule has 7 heteroatoms. The van der Waals surface area contributed by atoms with E-state index in [-0.39, 0.29) is 11.3 Å². The number of hydrogen-bond donors (Lipinski definition) is 1. The van der Waals surface area contributed by atoms with Gasteiger partial charge in [0.05, 0.1) is 5.41 Å². The molecule has 2 heterocycles. The Balaban J connectivity index is 2.05. The smallest absolute Gasteiger partial charge is 0.249 e. The molecule has 0 aliphatic carbocycles. The van der Waals surface area contributed by atoms with Crippen LogP contribution in [0, 0.1) is 5.41 Å². The van der Waals surface area contributed by atoms with E-state index in [1.165, 1.54) is 4.68 Å². The zero-order chi connectivity index (χ0) is 11.6. The van der Waals surface area contributed by atoms with Gasteiger partial charge in [-0.05, 0) is 23.3 Å². The number of hydrogen-bond acceptors (Lipinski definition) is 5. The highest BCUT2D eigenvalue weighted by Crippen LogP contribution is 2.30. The molecule has 0 radical (unpaired) electrons. The van der Waals surface area contributed by atoms with Crippen LogP contribution in [0.4, 0.5) is 5.95 Å². The number of tetrazole rings is 1. The summed E-state index contributed by atoms with van der Waals surface area (Å²) in [6.45, 7) is 3.19. The summed E-state index contributed by atoms with van der Waals surface area (Å²) >= 11 is 0. The molecule has 1 amide bonds. The first kappa shape index (κ1) is 11.0. The average molecular weight is 225 g/mol. The Morgan fingerprint density at radius 1 is 1.50 bits per heavy atom. The number of nitrogens with one attached hydrogen (secondary N) is 1. The third-order valence-corrected chi connectivity index (χ3v) is 2.99. The highest BCUT2D eigenvalue weighted by Gasteiger charge is 2.35. The van der Waals surface area contributed by atoms with Gasteiger partial charge in [-0.15, -0.1) is 0 Å². The van der Waals surface area contributed by atoms with Crippen molar-refractivity contribution in [3.63, 3.8) is 0 Å². The first-order valence-corrected chi connectivity index (χ1v) is 5.23. The van der Waals surface area contributed by atoms with Crippen LogP contribution in [0.2, 0.25) is 0 Å². The topological polar surface area (TPSA) is 81.9 Å². The highest BCUT2D eigenvalue weighted by atomic mass is 16.5. The van der Waals surface area contributed by atoms with E-state index in [1.54, 1.807) is 7.05 Å². The summed E-state index contributed by atoms with van der Waals surface area (Å²) in [6, 6.07) is 0. The predicted molar refractivity (Wildman–Crippen MR) is 55.6 cm³/mol. The summed E-state index contributed by atoms with van der Waals surface area (Å²) in [4.78, 5) is 12.1. The minimum atomic E-state index is -0.385. The standard InChI is InChI=1S/C9H15N5O2/c1-9(3-5-16-6-4-9)7(15)10-8-11-12-13-14(8)2/h3-6H2,1-2H3,(H,10,11,13,15). The lowest BCUT2D eigenvalue weighted by atomic mass is 9.81. The second kappa shape index (κ2) is 4.17. The first-order chi connectivity index (χ1) is 7.62. The maximum Gasteiger partial charge on any atom is 0.249 e. The lowest BCUT2D eigenvalue weighted by Gasteiger charge is -2.31. The van der Waals surface area contributed by atoms with E-state index < -0.39 is 0 Å². The molecular weight excluding hydrogens is 210 g/mol. The molecule has 2 rings (SSSR count). The van der Waals surface area contributed by atoms with Crippen LogP contribution in [0.1, 0.15) is 19.8 Å². The molecule has 1 saturated heterocycles. The number of aryl methyl sites for hydroxylation is 1. The van der Waals surface area contributed by atoms with Gasteiger partial charge >= 0.3 is 0 Å². The zero-order valence-corrected chi connectivity index (χ0v) is 9.43. The molecular formula is C9H15N5O2. The van der Waals surface area contributed by atoms with E-state index >= 15 is 0 Å². The second-order valence-electron chi connectivity index (χ2n) is 4.25. The fourth-order valence-electron chi connectivity index (χ4n) is 1.64. The molecule has 0 bridgehead atoms. The molecule has 1 fully saturated rings. The third-order valence-electron chi connectivity index (χ3n) is 2.99. The molecule has 0 spiro atoms. The summed E-state index contributed by atoms with van der Waals surface area (Å²) < 4.78 is 6.68. The minimum absolute atomic E-state index is 0.0475. The highest BCUT2D eigenvalue weighted by molar-refractivity contribution is 5.93. The third kappa shape index (κ3) is 2.04. The molecule has 1 aromatic heterocycles. The van der Waals surface area contributed by atoms with Crippen molar-refractivity contribution in [2.45, 2.75) is 19.8 Å². The average Bonchev–Trinajstić information content (AvgIpc) is 2.65. The normalized spacial score (nSPS) is 19.4. The lowest BCUT2D eigenvalue weighted by Crippen LogP contribution is -2.39. The van der Waals surface area contributed by atoms with Gasteiger partial charge in [0.15, 0.2) is 0 Å². The van der Waals surface area contributed by atoms with Crippen molar-refractivity contribution in [2.24, 2.45) is 12.5 Å². The van der Waals surface area contributed by atoms with E-state index in [9.17, 15) is 4.79 Å². The van der Waals surface area contributed by atoms with Crippen molar-refractivity contribution < 1.29 is 9.53 Å². The van der Waals surface area contributed by atoms with E-state index in [0.717, 1.165) is 12.8 Å². The van der Waals surface area contributed by atoms with Crippen LogP contribution in [0.3, 0.4) is 0 Å². The second-order valence-corrected chi connectivity index (χ2v) is 4.25. The molecule has 1 aliphatic heterocycles. The van der Waals surface area contributed by atoms with Crippen molar-refractivity contribution in [3.05, 3.63) is 0 Å². The maximum atomic E-state index is 12.1. The fourth-order valence-corrected chi connectivity index (χ4v) is 1.64. The van der Waals surface area contributed by atoms with E-state index in [1.807, 2.05) is 6.92 Å². The Morgan fingerprint density at radius 3 is 2.75 bits per heavy atom. The first-order valence-electron chi connectivity index (χ1n) is 5.23. The lowest BCUT2D eigenvalue weighted by molar-refractivity contribution is -0.129. The number of carbonyl (C=O) groups is 1. The number of rotatable bonds is 2. The molecule has 88 valence electrons. The number of carbonyl (C=O) groups excluding carboxylic acids is 1. The molecule has 1 aliphatic rings. The van der Waals surface area contributed by atoms with Gasteiger partial charge in [0, 0.05) is 20.3 Å². The van der Waals surface area contributed by atoms with Gasteiger partial charge in [0.2, 0.25) is 11.9 Å². The largest absolute Gasteiger partial charge is 0.381 e. The zero-order valence-electron chi connectivity index (χ0n) is 9.43. The SMILES string of the molecule is Cn1nnnc1NC(=O)C1(C)CCOCC1. The Labute approximate surface area is 93.2 Å². The molecule has 7 nitrogen and oxygen atoms in total. The number of amides is 1. The van der Waals surface area contributed by atoms with Crippen LogP contribution < -0.4 is 5.32 Å². The van der Waals surface area contributed by atoms with Crippen LogP contribution in [0.5, 0.6) is 0 Å². The number of aromatic nitrogens is 4. The molecule has 0 saturated carbocycles. The molecule has 1 aromatic rings. The van der Waals surface area contributed by atoms with Gasteiger partial charge in [-0.1, -0.05) is 12.0 Å². The van der Waals surface area contributed by atoms with Crippen LogP contribution in [-0.4, -0.2) is 39.3 Å². The summed E-state index contributed by atoms with van der Waals surface area (Å²) in [5, 5.41) is 13.6. The van der Waals surface area contributed by atoms with Gasteiger partial charge < -0.3 is 4.74 Å². The van der Waals surface area contributed by atoms with Gasteiger partial charge in [-0.25, -0.2) is 4.68 Å². The summed E-state index contributed by atoms with van der Waals surface area (Å²) in [7, 11) is 1.68. The number of anilines is 1. The van der Waals surface area contributed by atoms with Gasteiger partial charge in [0.25, 0.3) is 0 Å². The molecule has 0 atom stereocenters.